The average molecular weight is 469 g/mol. The number of ether oxygens (including phenoxy) is 1. The minimum absolute atomic E-state index is 0.295. The number of aromatic amines is 1. The van der Waals surface area contributed by atoms with E-state index < -0.39 is 9.84 Å². The van der Waals surface area contributed by atoms with E-state index in [0.717, 1.165) is 40.5 Å². The van der Waals surface area contributed by atoms with Gasteiger partial charge in [0.05, 0.1) is 28.3 Å². The first-order chi connectivity index (χ1) is 15.9. The summed E-state index contributed by atoms with van der Waals surface area (Å²) in [5.41, 5.74) is 2.56. The Hall–Kier alpha value is -2.54. The fourth-order valence-electron chi connectivity index (χ4n) is 5.12. The molecule has 176 valence electrons. The van der Waals surface area contributed by atoms with Gasteiger partial charge in [-0.2, -0.15) is 0 Å². The molecule has 5 rings (SSSR count). The summed E-state index contributed by atoms with van der Waals surface area (Å²) >= 11 is 0. The first-order valence-corrected chi connectivity index (χ1v) is 13.7. The summed E-state index contributed by atoms with van der Waals surface area (Å²) in [4.78, 5) is 3.36. The maximum Gasteiger partial charge on any atom is 0.290 e. The third-order valence-electron chi connectivity index (χ3n) is 7.40. The third-order valence-corrected chi connectivity index (χ3v) is 9.66. The minimum Gasteiger partial charge on any atom is -0.710 e. The third kappa shape index (κ3) is 4.23. The van der Waals surface area contributed by atoms with E-state index in [-0.39, 0.29) is 5.25 Å². The number of fused-ring (bicyclic) bond motifs is 1. The van der Waals surface area contributed by atoms with E-state index in [2.05, 4.69) is 4.98 Å². The fourth-order valence-corrected chi connectivity index (χ4v) is 7.00. The summed E-state index contributed by atoms with van der Waals surface area (Å²) < 4.78 is 33.6. The molecule has 7 heteroatoms. The normalized spacial score (nSPS) is 18.2. The predicted molar refractivity (Wildman–Crippen MR) is 129 cm³/mol. The van der Waals surface area contributed by atoms with Gasteiger partial charge in [-0.3, -0.25) is 0 Å². The first-order valence-electron chi connectivity index (χ1n) is 12.2. The largest absolute Gasteiger partial charge is 0.710 e. The molecule has 2 saturated carbocycles. The zero-order chi connectivity index (χ0) is 23.0. The van der Waals surface area contributed by atoms with Crippen molar-refractivity contribution in [3.63, 3.8) is 0 Å². The summed E-state index contributed by atoms with van der Waals surface area (Å²) in [5, 5.41) is 13.0. The predicted octanol–water partition coefficient (Wildman–Crippen LogP) is 5.45. The molecule has 1 aromatic carbocycles. The number of rotatable bonds is 6. The maximum absolute atomic E-state index is 13.2. The molecular formula is C26H32N2O4S. The molecule has 2 aromatic heterocycles. The van der Waals surface area contributed by atoms with Gasteiger partial charge in [0, 0.05) is 11.1 Å². The van der Waals surface area contributed by atoms with Crippen LogP contribution in [0, 0.1) is 18.0 Å². The molecule has 3 aromatic rings. The fraction of sp³-hybridized carbons (Fsp3) is 0.500. The van der Waals surface area contributed by atoms with Crippen LogP contribution in [0.5, 0.6) is 5.75 Å². The highest BCUT2D eigenvalue weighted by Crippen LogP contribution is 2.39. The Morgan fingerprint density at radius 3 is 2.45 bits per heavy atom. The van der Waals surface area contributed by atoms with E-state index in [4.69, 9.17) is 4.74 Å². The number of aryl methyl sites for hydroxylation is 1. The number of aromatic nitrogens is 2. The average Bonchev–Trinajstić information content (AvgIpc) is 3.10. The van der Waals surface area contributed by atoms with Gasteiger partial charge in [-0.15, -0.1) is 0 Å². The van der Waals surface area contributed by atoms with Crippen LogP contribution in [0.1, 0.15) is 63.5 Å². The number of H-pyrrole nitrogens is 1. The highest BCUT2D eigenvalue weighted by Gasteiger charge is 2.33. The summed E-state index contributed by atoms with van der Waals surface area (Å²) in [6.07, 6.45) is 11.6. The van der Waals surface area contributed by atoms with Crippen LogP contribution >= 0.6 is 0 Å². The molecule has 0 radical (unpaired) electrons. The Kier molecular flexibility index (Phi) is 6.08. The van der Waals surface area contributed by atoms with Gasteiger partial charge in [0.2, 0.25) is 0 Å². The summed E-state index contributed by atoms with van der Waals surface area (Å²) in [7, 11) is -3.38. The molecule has 0 unspecified atom stereocenters. The molecule has 2 fully saturated rings. The van der Waals surface area contributed by atoms with Crippen molar-refractivity contribution in [2.75, 3.05) is 6.61 Å². The topological polar surface area (TPSA) is 86.1 Å². The van der Waals surface area contributed by atoms with Gasteiger partial charge >= 0.3 is 0 Å². The lowest BCUT2D eigenvalue weighted by atomic mass is 10.00. The van der Waals surface area contributed by atoms with Crippen molar-refractivity contribution in [3.05, 3.63) is 47.4 Å². The number of nitrogens with one attached hydrogen (secondary N) is 1. The Morgan fingerprint density at radius 2 is 1.76 bits per heavy atom. The second kappa shape index (κ2) is 9.01. The van der Waals surface area contributed by atoms with E-state index in [1.165, 1.54) is 38.5 Å². The van der Waals surface area contributed by atoms with Gasteiger partial charge < -0.3 is 9.94 Å². The lowest BCUT2D eigenvalue weighted by molar-refractivity contribution is -0.586. The number of nitrogens with zero attached hydrogens (tertiary/aromatic N) is 1. The van der Waals surface area contributed by atoms with E-state index in [9.17, 15) is 13.6 Å². The van der Waals surface area contributed by atoms with Crippen LogP contribution in [0.4, 0.5) is 0 Å². The van der Waals surface area contributed by atoms with E-state index in [1.54, 1.807) is 25.3 Å². The number of hydrogen-bond acceptors (Lipinski definition) is 4. The zero-order valence-electron chi connectivity index (χ0n) is 19.2. The zero-order valence-corrected chi connectivity index (χ0v) is 20.0. The molecular weight excluding hydrogens is 436 g/mol. The van der Waals surface area contributed by atoms with Gasteiger partial charge in [-0.05, 0) is 68.9 Å². The monoisotopic (exact) mass is 468 g/mol. The van der Waals surface area contributed by atoms with Crippen LogP contribution in [0.25, 0.3) is 22.2 Å². The van der Waals surface area contributed by atoms with Crippen LogP contribution in [-0.2, 0) is 9.84 Å². The molecule has 0 amide bonds. The van der Waals surface area contributed by atoms with Crippen LogP contribution in [-0.4, -0.2) is 25.3 Å². The lowest BCUT2D eigenvalue weighted by Crippen LogP contribution is -2.31. The second-order valence-corrected chi connectivity index (χ2v) is 11.9. The van der Waals surface area contributed by atoms with Gasteiger partial charge in [-0.1, -0.05) is 32.1 Å². The van der Waals surface area contributed by atoms with Crippen molar-refractivity contribution in [1.29, 1.82) is 0 Å². The van der Waals surface area contributed by atoms with Crippen LogP contribution in [0.3, 0.4) is 0 Å². The van der Waals surface area contributed by atoms with Crippen LogP contribution < -0.4 is 9.47 Å². The highest BCUT2D eigenvalue weighted by atomic mass is 32.2. The van der Waals surface area contributed by atoms with Gasteiger partial charge in [-0.25, -0.2) is 18.1 Å². The summed E-state index contributed by atoms with van der Waals surface area (Å²) in [5.74, 6) is 1.20. The van der Waals surface area contributed by atoms with Crippen LogP contribution in [0.2, 0.25) is 0 Å². The number of hydrogen-bond donors (Lipinski definition) is 1. The molecule has 33 heavy (non-hydrogen) atoms. The molecule has 0 bridgehead atoms. The summed E-state index contributed by atoms with van der Waals surface area (Å²) in [6, 6.07) is 8.95. The van der Waals surface area contributed by atoms with E-state index in [0.29, 0.717) is 34.5 Å². The van der Waals surface area contributed by atoms with E-state index >= 15 is 0 Å². The highest BCUT2D eigenvalue weighted by molar-refractivity contribution is 7.92. The van der Waals surface area contributed by atoms with Gasteiger partial charge in [0.1, 0.15) is 11.4 Å². The lowest BCUT2D eigenvalue weighted by Gasteiger charge is -2.26. The maximum atomic E-state index is 13.2. The molecule has 2 aliphatic rings. The second-order valence-electron chi connectivity index (χ2n) is 9.66. The Balaban J connectivity index is 1.58. The van der Waals surface area contributed by atoms with Gasteiger partial charge in [0.15, 0.2) is 9.84 Å². The Labute approximate surface area is 195 Å². The number of benzene rings is 1. The van der Waals surface area contributed by atoms with Crippen molar-refractivity contribution in [2.24, 2.45) is 5.92 Å². The molecule has 0 spiro atoms. The quantitative estimate of drug-likeness (QED) is 0.296. The molecule has 0 aliphatic heterocycles. The summed E-state index contributed by atoms with van der Waals surface area (Å²) in [6.45, 7) is 2.39. The molecule has 0 atom stereocenters. The Bertz CT molecular complexity index is 1250. The van der Waals surface area contributed by atoms with Crippen molar-refractivity contribution >= 4 is 20.9 Å². The van der Waals surface area contributed by atoms with Crippen LogP contribution in [0.15, 0.2) is 41.4 Å². The minimum atomic E-state index is -3.38. The van der Waals surface area contributed by atoms with E-state index in [1.807, 2.05) is 18.2 Å². The SMILES string of the molecule is Cc1cc(-c2cc(S(=O)(=O)C3CCC3)ccc2OCC2CCCCCC2)c2cc[nH]c2[n+]1[O-]. The first kappa shape index (κ1) is 22.3. The standard InChI is InChI=1S/C26H32N2O4S/c1-18-15-23(22-13-14-27-26(22)28(18)29)24-16-21(33(30,31)20-9-6-10-20)11-12-25(24)32-17-19-7-4-2-3-5-8-19/h11-16,19-20,27H,2-10,17H2,1H3. The van der Waals surface area contributed by atoms with Crippen molar-refractivity contribution in [2.45, 2.75) is 74.9 Å². The molecule has 1 N–H and O–H groups in total. The smallest absolute Gasteiger partial charge is 0.290 e. The molecule has 2 aliphatic carbocycles. The van der Waals surface area contributed by atoms with Crippen molar-refractivity contribution in [3.8, 4) is 16.9 Å². The molecule has 2 heterocycles. The van der Waals surface area contributed by atoms with Gasteiger partial charge in [0.25, 0.3) is 5.65 Å². The molecule has 6 nitrogen and oxygen atoms in total. The molecule has 0 saturated heterocycles. The number of pyridine rings is 1. The number of sulfone groups is 1. The van der Waals surface area contributed by atoms with Crippen molar-refractivity contribution in [1.82, 2.24) is 4.98 Å². The Morgan fingerprint density at radius 1 is 1.00 bits per heavy atom. The van der Waals surface area contributed by atoms with Crippen molar-refractivity contribution < 1.29 is 17.9 Å².